The summed E-state index contributed by atoms with van der Waals surface area (Å²) < 4.78 is 33.7. The number of sulfonamides is 1. The summed E-state index contributed by atoms with van der Waals surface area (Å²) >= 11 is 0. The van der Waals surface area contributed by atoms with E-state index in [2.05, 4.69) is 9.62 Å². The Kier molecular flexibility index (Phi) is 4.30. The van der Waals surface area contributed by atoms with Crippen molar-refractivity contribution in [1.29, 1.82) is 0 Å². The lowest BCUT2D eigenvalue weighted by atomic mass is 10.1. The average Bonchev–Trinajstić information content (AvgIpc) is 3.07. The molecule has 6 heteroatoms. The predicted octanol–water partition coefficient (Wildman–Crippen LogP) is 1.98. The quantitative estimate of drug-likeness (QED) is 0.920. The fraction of sp³-hybridized carbons (Fsp3) is 0.444. The normalized spacial score (nSPS) is 25.0. The van der Waals surface area contributed by atoms with Crippen LogP contribution in [-0.2, 0) is 14.8 Å². The van der Waals surface area contributed by atoms with E-state index in [4.69, 9.17) is 4.74 Å². The number of fused-ring (bicyclic) bond motifs is 2. The highest BCUT2D eigenvalue weighted by Crippen LogP contribution is 2.23. The summed E-state index contributed by atoms with van der Waals surface area (Å²) in [5, 5.41) is 1.96. The molecule has 24 heavy (non-hydrogen) atoms. The molecular formula is C18H22N2O3S. The maximum atomic E-state index is 12.6. The molecule has 2 aliphatic heterocycles. The third-order valence-corrected chi connectivity index (χ3v) is 6.42. The number of rotatable bonds is 4. The van der Waals surface area contributed by atoms with Crippen LogP contribution in [-0.4, -0.2) is 51.7 Å². The molecule has 2 aromatic carbocycles. The molecule has 2 atom stereocenters. The van der Waals surface area contributed by atoms with Gasteiger partial charge in [-0.2, -0.15) is 0 Å². The van der Waals surface area contributed by atoms with Gasteiger partial charge in [0.15, 0.2) is 0 Å². The van der Waals surface area contributed by atoms with Crippen molar-refractivity contribution in [3.05, 3.63) is 42.5 Å². The average molecular weight is 346 g/mol. The summed E-state index contributed by atoms with van der Waals surface area (Å²) in [6, 6.07) is 13.5. The highest BCUT2D eigenvalue weighted by atomic mass is 32.2. The summed E-state index contributed by atoms with van der Waals surface area (Å²) in [7, 11) is -3.52. The molecule has 0 amide bonds. The standard InChI is InChI=1S/C18H22N2O3S/c21-24(22,18-8-7-14-4-1-2-5-15(14)10-18)19-11-17-12-20-9-3-6-16(20)13-23-17/h1-2,4-5,7-8,10,16-17,19H,3,6,9,11-13H2/t16-,17+/m1/s1. The minimum absolute atomic E-state index is 0.0745. The van der Waals surface area contributed by atoms with Gasteiger partial charge in [0, 0.05) is 19.1 Å². The van der Waals surface area contributed by atoms with Crippen molar-refractivity contribution in [2.45, 2.75) is 29.9 Å². The highest BCUT2D eigenvalue weighted by molar-refractivity contribution is 7.89. The molecule has 0 aromatic heterocycles. The van der Waals surface area contributed by atoms with Crippen LogP contribution in [0, 0.1) is 0 Å². The van der Waals surface area contributed by atoms with Gasteiger partial charge in [0.05, 0.1) is 17.6 Å². The Morgan fingerprint density at radius 3 is 2.88 bits per heavy atom. The zero-order valence-corrected chi connectivity index (χ0v) is 14.3. The lowest BCUT2D eigenvalue weighted by Gasteiger charge is -2.35. The molecule has 2 aromatic rings. The topological polar surface area (TPSA) is 58.6 Å². The van der Waals surface area contributed by atoms with Gasteiger partial charge in [0.1, 0.15) is 0 Å². The monoisotopic (exact) mass is 346 g/mol. The Labute approximate surface area is 142 Å². The van der Waals surface area contributed by atoms with Crippen LogP contribution in [0.15, 0.2) is 47.4 Å². The van der Waals surface area contributed by atoms with Crippen molar-refractivity contribution < 1.29 is 13.2 Å². The van der Waals surface area contributed by atoms with Gasteiger partial charge >= 0.3 is 0 Å². The third kappa shape index (κ3) is 3.19. The fourth-order valence-electron chi connectivity index (χ4n) is 3.63. The summed E-state index contributed by atoms with van der Waals surface area (Å²) in [5.74, 6) is 0. The summed E-state index contributed by atoms with van der Waals surface area (Å²) in [6.45, 7) is 2.94. The summed E-state index contributed by atoms with van der Waals surface area (Å²) in [4.78, 5) is 2.72. The number of ether oxygens (including phenoxy) is 1. The van der Waals surface area contributed by atoms with Gasteiger partial charge in [-0.05, 0) is 42.3 Å². The van der Waals surface area contributed by atoms with Gasteiger partial charge in [-0.25, -0.2) is 13.1 Å². The van der Waals surface area contributed by atoms with E-state index < -0.39 is 10.0 Å². The molecule has 0 spiro atoms. The predicted molar refractivity (Wildman–Crippen MR) is 93.5 cm³/mol. The first kappa shape index (κ1) is 16.0. The SMILES string of the molecule is O=S(=O)(NC[C@H]1CN2CCC[C@@H]2CO1)c1ccc2ccccc2c1. The maximum absolute atomic E-state index is 12.6. The van der Waals surface area contributed by atoms with Crippen LogP contribution < -0.4 is 4.72 Å². The van der Waals surface area contributed by atoms with E-state index in [-0.39, 0.29) is 6.10 Å². The van der Waals surface area contributed by atoms with Gasteiger partial charge in [-0.3, -0.25) is 4.90 Å². The number of hydrogen-bond acceptors (Lipinski definition) is 4. The molecule has 0 aliphatic carbocycles. The Bertz CT molecular complexity index is 837. The fourth-order valence-corrected chi connectivity index (χ4v) is 4.73. The van der Waals surface area contributed by atoms with Crippen LogP contribution in [0.25, 0.3) is 10.8 Å². The van der Waals surface area contributed by atoms with Crippen molar-refractivity contribution in [2.75, 3.05) is 26.2 Å². The van der Waals surface area contributed by atoms with Crippen LogP contribution in [0.3, 0.4) is 0 Å². The van der Waals surface area contributed by atoms with E-state index in [1.54, 1.807) is 12.1 Å². The Morgan fingerprint density at radius 1 is 1.17 bits per heavy atom. The minimum Gasteiger partial charge on any atom is -0.374 e. The minimum atomic E-state index is -3.52. The first-order chi connectivity index (χ1) is 11.6. The molecule has 2 heterocycles. The van der Waals surface area contributed by atoms with Crippen LogP contribution in [0.1, 0.15) is 12.8 Å². The van der Waals surface area contributed by atoms with Gasteiger partial charge < -0.3 is 4.74 Å². The number of hydrogen-bond donors (Lipinski definition) is 1. The van der Waals surface area contributed by atoms with Crippen LogP contribution in [0.5, 0.6) is 0 Å². The maximum Gasteiger partial charge on any atom is 0.240 e. The van der Waals surface area contributed by atoms with Crippen LogP contribution in [0.2, 0.25) is 0 Å². The van der Waals surface area contributed by atoms with Crippen molar-refractivity contribution in [3.8, 4) is 0 Å². The second-order valence-electron chi connectivity index (χ2n) is 6.61. The molecule has 4 rings (SSSR count). The Morgan fingerprint density at radius 2 is 2.00 bits per heavy atom. The van der Waals surface area contributed by atoms with Crippen molar-refractivity contribution in [3.63, 3.8) is 0 Å². The van der Waals surface area contributed by atoms with E-state index in [9.17, 15) is 8.42 Å². The number of morpholine rings is 1. The second kappa shape index (κ2) is 6.44. The second-order valence-corrected chi connectivity index (χ2v) is 8.37. The van der Waals surface area contributed by atoms with Crippen LogP contribution in [0.4, 0.5) is 0 Å². The van der Waals surface area contributed by atoms with Gasteiger partial charge in [-0.1, -0.05) is 30.3 Å². The molecule has 0 unspecified atom stereocenters. The molecule has 2 saturated heterocycles. The Hall–Kier alpha value is -1.47. The lowest BCUT2D eigenvalue weighted by molar-refractivity contribution is -0.0449. The molecule has 128 valence electrons. The molecule has 2 aliphatic rings. The lowest BCUT2D eigenvalue weighted by Crippen LogP contribution is -2.50. The molecule has 2 fully saturated rings. The van der Waals surface area contributed by atoms with Crippen molar-refractivity contribution in [2.24, 2.45) is 0 Å². The highest BCUT2D eigenvalue weighted by Gasteiger charge is 2.32. The molecule has 5 nitrogen and oxygen atoms in total. The third-order valence-electron chi connectivity index (χ3n) is 4.99. The van der Waals surface area contributed by atoms with E-state index in [1.807, 2.05) is 30.3 Å². The number of nitrogens with one attached hydrogen (secondary N) is 1. The molecular weight excluding hydrogens is 324 g/mol. The zero-order chi connectivity index (χ0) is 16.6. The first-order valence-electron chi connectivity index (χ1n) is 8.46. The zero-order valence-electron chi connectivity index (χ0n) is 13.5. The van der Waals surface area contributed by atoms with E-state index in [1.165, 1.54) is 12.8 Å². The summed E-state index contributed by atoms with van der Waals surface area (Å²) in [5.41, 5.74) is 0. The van der Waals surface area contributed by atoms with E-state index >= 15 is 0 Å². The van der Waals surface area contributed by atoms with E-state index in [0.29, 0.717) is 24.1 Å². The molecule has 0 bridgehead atoms. The summed E-state index contributed by atoms with van der Waals surface area (Å²) in [6.07, 6.45) is 2.33. The largest absolute Gasteiger partial charge is 0.374 e. The number of nitrogens with zero attached hydrogens (tertiary/aromatic N) is 1. The Balaban J connectivity index is 1.44. The smallest absolute Gasteiger partial charge is 0.240 e. The number of benzene rings is 2. The van der Waals surface area contributed by atoms with Crippen molar-refractivity contribution >= 4 is 20.8 Å². The van der Waals surface area contributed by atoms with E-state index in [0.717, 1.165) is 23.9 Å². The molecule has 0 radical (unpaired) electrons. The molecule has 1 N–H and O–H groups in total. The van der Waals surface area contributed by atoms with Crippen LogP contribution >= 0.6 is 0 Å². The van der Waals surface area contributed by atoms with Gasteiger partial charge in [0.2, 0.25) is 10.0 Å². The first-order valence-corrected chi connectivity index (χ1v) is 9.94. The van der Waals surface area contributed by atoms with Gasteiger partial charge in [-0.15, -0.1) is 0 Å². The molecule has 0 saturated carbocycles. The van der Waals surface area contributed by atoms with Crippen molar-refractivity contribution in [1.82, 2.24) is 9.62 Å². The van der Waals surface area contributed by atoms with Gasteiger partial charge in [0.25, 0.3) is 0 Å².